The SMILES string of the molecule is CCCC1(c2nn3c(C4CCC4)nnc3s2)CCCN1. The van der Waals surface area contributed by atoms with Crippen LogP contribution in [0, 0.1) is 0 Å². The molecule has 2 fully saturated rings. The van der Waals surface area contributed by atoms with E-state index in [1.165, 1.54) is 43.5 Å². The minimum Gasteiger partial charge on any atom is -0.305 e. The Morgan fingerprint density at radius 2 is 2.25 bits per heavy atom. The normalized spacial score (nSPS) is 27.2. The Hall–Kier alpha value is -1.01. The summed E-state index contributed by atoms with van der Waals surface area (Å²) >= 11 is 1.72. The lowest BCUT2D eigenvalue weighted by atomic mass is 9.85. The molecule has 1 atom stereocenters. The standard InChI is InChI=1S/C14H21N5S/c1-2-7-14(8-4-9-15-14)12-18-19-11(10-5-3-6-10)16-17-13(19)20-12/h10,15H,2-9H2,1H3. The number of nitrogens with zero attached hydrogens (tertiary/aromatic N) is 4. The van der Waals surface area contributed by atoms with Crippen LogP contribution in [0.5, 0.6) is 0 Å². The summed E-state index contributed by atoms with van der Waals surface area (Å²) in [5.41, 5.74) is 0.0942. The third-order valence-electron chi connectivity index (χ3n) is 4.82. The van der Waals surface area contributed by atoms with E-state index >= 15 is 0 Å². The highest BCUT2D eigenvalue weighted by atomic mass is 32.1. The van der Waals surface area contributed by atoms with Crippen LogP contribution in [0.25, 0.3) is 4.96 Å². The van der Waals surface area contributed by atoms with Crippen LogP contribution in [0.3, 0.4) is 0 Å². The summed E-state index contributed by atoms with van der Waals surface area (Å²) in [4.78, 5) is 0.964. The van der Waals surface area contributed by atoms with Gasteiger partial charge in [0, 0.05) is 5.92 Å². The lowest BCUT2D eigenvalue weighted by Gasteiger charge is -2.26. The molecule has 1 aliphatic heterocycles. The zero-order valence-corrected chi connectivity index (χ0v) is 12.7. The van der Waals surface area contributed by atoms with E-state index in [2.05, 4.69) is 22.4 Å². The van der Waals surface area contributed by atoms with Gasteiger partial charge in [-0.15, -0.1) is 10.2 Å². The van der Waals surface area contributed by atoms with Crippen LogP contribution in [0.15, 0.2) is 0 Å². The molecule has 1 aliphatic carbocycles. The maximum atomic E-state index is 4.90. The van der Waals surface area contributed by atoms with Gasteiger partial charge >= 0.3 is 0 Å². The van der Waals surface area contributed by atoms with Gasteiger partial charge in [0.15, 0.2) is 5.82 Å². The third-order valence-corrected chi connectivity index (χ3v) is 5.92. The molecule has 0 amide bonds. The molecule has 1 N–H and O–H groups in total. The second-order valence-corrected chi connectivity index (χ2v) is 7.11. The molecule has 108 valence electrons. The van der Waals surface area contributed by atoms with Crippen molar-refractivity contribution >= 4 is 16.3 Å². The number of rotatable bonds is 4. The van der Waals surface area contributed by atoms with E-state index < -0.39 is 0 Å². The summed E-state index contributed by atoms with van der Waals surface area (Å²) in [6, 6.07) is 0. The zero-order valence-electron chi connectivity index (χ0n) is 11.9. The van der Waals surface area contributed by atoms with Gasteiger partial charge in [-0.05, 0) is 38.6 Å². The molecular weight excluding hydrogens is 270 g/mol. The van der Waals surface area contributed by atoms with Crippen LogP contribution in [-0.2, 0) is 5.54 Å². The minimum atomic E-state index is 0.0942. The minimum absolute atomic E-state index is 0.0942. The maximum Gasteiger partial charge on any atom is 0.234 e. The van der Waals surface area contributed by atoms with Gasteiger partial charge in [0.05, 0.1) is 5.54 Å². The predicted molar refractivity (Wildman–Crippen MR) is 79.1 cm³/mol. The third kappa shape index (κ3) is 1.81. The number of fused-ring (bicyclic) bond motifs is 1. The van der Waals surface area contributed by atoms with E-state index in [0.29, 0.717) is 5.92 Å². The molecule has 5 nitrogen and oxygen atoms in total. The molecule has 0 bridgehead atoms. The second-order valence-electron chi connectivity index (χ2n) is 6.15. The molecule has 4 rings (SSSR count). The van der Waals surface area contributed by atoms with E-state index in [1.807, 2.05) is 4.52 Å². The second kappa shape index (κ2) is 4.77. The molecule has 0 radical (unpaired) electrons. The molecular formula is C14H21N5S. The van der Waals surface area contributed by atoms with Gasteiger partial charge < -0.3 is 5.32 Å². The summed E-state index contributed by atoms with van der Waals surface area (Å²) < 4.78 is 2.02. The Labute approximate surface area is 122 Å². The number of nitrogens with one attached hydrogen (secondary N) is 1. The highest BCUT2D eigenvalue weighted by molar-refractivity contribution is 7.16. The van der Waals surface area contributed by atoms with Crippen LogP contribution in [-0.4, -0.2) is 26.4 Å². The van der Waals surface area contributed by atoms with Crippen LogP contribution in [0.1, 0.15) is 68.6 Å². The Bertz CT molecular complexity index is 606. The first-order valence-corrected chi connectivity index (χ1v) is 8.62. The van der Waals surface area contributed by atoms with E-state index in [4.69, 9.17) is 5.10 Å². The average molecular weight is 291 g/mol. The van der Waals surface area contributed by atoms with Crippen molar-refractivity contribution in [3.05, 3.63) is 10.8 Å². The summed E-state index contributed by atoms with van der Waals surface area (Å²) in [6.45, 7) is 3.36. The molecule has 3 heterocycles. The predicted octanol–water partition coefficient (Wildman–Crippen LogP) is 2.83. The first-order chi connectivity index (χ1) is 9.82. The van der Waals surface area contributed by atoms with E-state index in [1.54, 1.807) is 11.3 Å². The molecule has 0 spiro atoms. The van der Waals surface area contributed by atoms with Crippen molar-refractivity contribution in [2.75, 3.05) is 6.54 Å². The Morgan fingerprint density at radius 3 is 2.90 bits per heavy atom. The topological polar surface area (TPSA) is 55.1 Å². The van der Waals surface area contributed by atoms with Crippen molar-refractivity contribution < 1.29 is 0 Å². The van der Waals surface area contributed by atoms with Crippen LogP contribution >= 0.6 is 11.3 Å². The van der Waals surface area contributed by atoms with Gasteiger partial charge in [-0.1, -0.05) is 31.1 Å². The summed E-state index contributed by atoms with van der Waals surface area (Å²) in [5, 5.41) is 18.5. The van der Waals surface area contributed by atoms with Crippen molar-refractivity contribution in [3.8, 4) is 0 Å². The van der Waals surface area contributed by atoms with Gasteiger partial charge in [-0.2, -0.15) is 9.61 Å². The Kier molecular flexibility index (Phi) is 3.03. The zero-order chi connectivity index (χ0) is 13.6. The lowest BCUT2D eigenvalue weighted by molar-refractivity contribution is 0.348. The van der Waals surface area contributed by atoms with Crippen LogP contribution in [0.2, 0.25) is 0 Å². The monoisotopic (exact) mass is 291 g/mol. The van der Waals surface area contributed by atoms with Gasteiger partial charge in [-0.3, -0.25) is 0 Å². The summed E-state index contributed by atoms with van der Waals surface area (Å²) in [6.07, 6.45) is 8.59. The molecule has 2 aromatic heterocycles. The molecule has 1 saturated heterocycles. The van der Waals surface area contributed by atoms with Crippen LogP contribution in [0.4, 0.5) is 0 Å². The van der Waals surface area contributed by atoms with Crippen LogP contribution < -0.4 is 5.32 Å². The average Bonchev–Trinajstić information content (AvgIpc) is 3.04. The lowest BCUT2D eigenvalue weighted by Crippen LogP contribution is -2.36. The molecule has 2 aromatic rings. The largest absolute Gasteiger partial charge is 0.305 e. The van der Waals surface area contributed by atoms with Gasteiger partial charge in [0.2, 0.25) is 4.96 Å². The van der Waals surface area contributed by atoms with Crippen molar-refractivity contribution in [1.82, 2.24) is 25.1 Å². The van der Waals surface area contributed by atoms with Crippen molar-refractivity contribution in [2.45, 2.75) is 63.3 Å². The molecule has 0 aromatic carbocycles. The fourth-order valence-electron chi connectivity index (χ4n) is 3.48. The van der Waals surface area contributed by atoms with Gasteiger partial charge in [0.1, 0.15) is 5.01 Å². The van der Waals surface area contributed by atoms with Crippen molar-refractivity contribution in [2.24, 2.45) is 0 Å². The molecule has 6 heteroatoms. The van der Waals surface area contributed by atoms with E-state index in [9.17, 15) is 0 Å². The summed E-state index contributed by atoms with van der Waals surface area (Å²) in [5.74, 6) is 1.66. The van der Waals surface area contributed by atoms with Gasteiger partial charge in [0.25, 0.3) is 0 Å². The Morgan fingerprint density at radius 1 is 1.35 bits per heavy atom. The molecule has 1 unspecified atom stereocenters. The smallest absolute Gasteiger partial charge is 0.234 e. The molecule has 1 saturated carbocycles. The molecule has 20 heavy (non-hydrogen) atoms. The summed E-state index contributed by atoms with van der Waals surface area (Å²) in [7, 11) is 0. The van der Waals surface area contributed by atoms with Gasteiger partial charge in [-0.25, -0.2) is 0 Å². The van der Waals surface area contributed by atoms with E-state index in [-0.39, 0.29) is 5.54 Å². The quantitative estimate of drug-likeness (QED) is 0.941. The fourth-order valence-corrected chi connectivity index (χ4v) is 4.55. The highest BCUT2D eigenvalue weighted by Gasteiger charge is 2.38. The number of hydrogen-bond donors (Lipinski definition) is 1. The fraction of sp³-hybridized carbons (Fsp3) is 0.786. The Balaban J connectivity index is 1.74. The van der Waals surface area contributed by atoms with E-state index in [0.717, 1.165) is 23.8 Å². The number of aromatic nitrogens is 4. The van der Waals surface area contributed by atoms with Crippen molar-refractivity contribution in [3.63, 3.8) is 0 Å². The first-order valence-electron chi connectivity index (χ1n) is 7.80. The molecule has 2 aliphatic rings. The highest BCUT2D eigenvalue weighted by Crippen LogP contribution is 2.39. The maximum absolute atomic E-state index is 4.90. The van der Waals surface area contributed by atoms with Crippen molar-refractivity contribution in [1.29, 1.82) is 0 Å². The first kappa shape index (κ1) is 12.7. The number of hydrogen-bond acceptors (Lipinski definition) is 5.